The molecule has 126 valence electrons. The van der Waals surface area contributed by atoms with Crippen LogP contribution >= 0.6 is 34.7 Å². The van der Waals surface area contributed by atoms with E-state index in [9.17, 15) is 9.59 Å². The summed E-state index contributed by atoms with van der Waals surface area (Å²) in [5.74, 6) is -0.262. The molecule has 1 heterocycles. The first kappa shape index (κ1) is 17.0. The number of imide groups is 1. The van der Waals surface area contributed by atoms with E-state index in [1.54, 1.807) is 12.1 Å². The van der Waals surface area contributed by atoms with E-state index in [0.29, 0.717) is 14.5 Å². The van der Waals surface area contributed by atoms with Gasteiger partial charge in [-0.2, -0.15) is 0 Å². The number of nitrogens with one attached hydrogen (secondary N) is 3. The van der Waals surface area contributed by atoms with Crippen molar-refractivity contribution in [3.63, 3.8) is 0 Å². The summed E-state index contributed by atoms with van der Waals surface area (Å²) in [6.45, 7) is 0. The number of urea groups is 1. The second kappa shape index (κ2) is 7.82. The molecule has 0 radical (unpaired) electrons. The van der Waals surface area contributed by atoms with Crippen LogP contribution in [-0.4, -0.2) is 33.9 Å². The fourth-order valence-corrected chi connectivity index (χ4v) is 3.51. The van der Waals surface area contributed by atoms with Crippen LogP contribution in [0, 0.1) is 0 Å². The second-order valence-corrected chi connectivity index (χ2v) is 7.73. The van der Waals surface area contributed by atoms with Crippen molar-refractivity contribution >= 4 is 57.5 Å². The van der Waals surface area contributed by atoms with Gasteiger partial charge in [0.25, 0.3) is 0 Å². The van der Waals surface area contributed by atoms with Gasteiger partial charge in [0.15, 0.2) is 4.34 Å². The van der Waals surface area contributed by atoms with Crippen molar-refractivity contribution in [3.8, 4) is 0 Å². The van der Waals surface area contributed by atoms with Crippen LogP contribution in [0.3, 0.4) is 0 Å². The zero-order chi connectivity index (χ0) is 16.9. The van der Waals surface area contributed by atoms with Crippen molar-refractivity contribution < 1.29 is 9.59 Å². The molecular formula is C14H14ClN5O2S2. The van der Waals surface area contributed by atoms with Gasteiger partial charge in [-0.05, 0) is 31.0 Å². The number of thioether (sulfide) groups is 1. The van der Waals surface area contributed by atoms with Crippen molar-refractivity contribution in [2.45, 2.75) is 23.2 Å². The van der Waals surface area contributed by atoms with Gasteiger partial charge in [-0.15, -0.1) is 10.2 Å². The maximum atomic E-state index is 11.7. The van der Waals surface area contributed by atoms with E-state index in [1.165, 1.54) is 23.1 Å². The SMILES string of the molecule is O=C(CSc1nnc(Nc2cccc(Cl)c2)s1)NC(=O)NC1CC1. The van der Waals surface area contributed by atoms with Crippen molar-refractivity contribution in [3.05, 3.63) is 29.3 Å². The fraction of sp³-hybridized carbons (Fsp3) is 0.286. The summed E-state index contributed by atoms with van der Waals surface area (Å²) in [4.78, 5) is 23.1. The number of nitrogens with zero attached hydrogens (tertiary/aromatic N) is 2. The van der Waals surface area contributed by atoms with E-state index in [-0.39, 0.29) is 17.7 Å². The summed E-state index contributed by atoms with van der Waals surface area (Å²) in [7, 11) is 0. The van der Waals surface area contributed by atoms with Crippen LogP contribution in [-0.2, 0) is 4.79 Å². The van der Waals surface area contributed by atoms with Crippen LogP contribution in [0.1, 0.15) is 12.8 Å². The van der Waals surface area contributed by atoms with Crippen LogP contribution in [0.4, 0.5) is 15.6 Å². The van der Waals surface area contributed by atoms with Gasteiger partial charge in [-0.1, -0.05) is 40.8 Å². The quantitative estimate of drug-likeness (QED) is 0.663. The summed E-state index contributed by atoms with van der Waals surface area (Å²) in [6, 6.07) is 7.04. The van der Waals surface area contributed by atoms with Crippen molar-refractivity contribution in [1.82, 2.24) is 20.8 Å². The summed E-state index contributed by atoms with van der Waals surface area (Å²) in [6.07, 6.45) is 1.95. The maximum absolute atomic E-state index is 11.7. The fourth-order valence-electron chi connectivity index (χ4n) is 1.75. The summed E-state index contributed by atoms with van der Waals surface area (Å²) in [5, 5.41) is 17.3. The highest BCUT2D eigenvalue weighted by molar-refractivity contribution is 8.01. The topological polar surface area (TPSA) is 96.0 Å². The third-order valence-electron chi connectivity index (χ3n) is 2.97. The molecule has 1 saturated carbocycles. The number of aromatic nitrogens is 2. The average Bonchev–Trinajstić information content (AvgIpc) is 3.22. The monoisotopic (exact) mass is 383 g/mol. The van der Waals surface area contributed by atoms with Crippen molar-refractivity contribution in [1.29, 1.82) is 0 Å². The molecule has 1 aromatic carbocycles. The Kier molecular flexibility index (Phi) is 5.54. The van der Waals surface area contributed by atoms with E-state index >= 15 is 0 Å². The molecule has 7 nitrogen and oxygen atoms in total. The molecule has 0 aliphatic heterocycles. The van der Waals surface area contributed by atoms with E-state index in [2.05, 4.69) is 26.1 Å². The lowest BCUT2D eigenvalue weighted by Crippen LogP contribution is -2.41. The molecule has 0 bridgehead atoms. The minimum atomic E-state index is -0.441. The Morgan fingerprint density at radius 3 is 2.92 bits per heavy atom. The van der Waals surface area contributed by atoms with E-state index in [1.807, 2.05) is 12.1 Å². The molecule has 10 heteroatoms. The Morgan fingerprint density at radius 2 is 2.17 bits per heavy atom. The van der Waals surface area contributed by atoms with Crippen LogP contribution < -0.4 is 16.0 Å². The number of hydrogen-bond acceptors (Lipinski definition) is 7. The first-order valence-electron chi connectivity index (χ1n) is 7.18. The largest absolute Gasteiger partial charge is 0.335 e. The molecule has 0 spiro atoms. The third-order valence-corrected chi connectivity index (χ3v) is 5.18. The molecule has 2 aromatic rings. The molecule has 3 amide bonds. The molecule has 0 unspecified atom stereocenters. The first-order valence-corrected chi connectivity index (χ1v) is 9.36. The number of amides is 3. The number of carbonyl (C=O) groups excluding carboxylic acids is 2. The average molecular weight is 384 g/mol. The predicted octanol–water partition coefficient (Wildman–Crippen LogP) is 3.02. The molecule has 1 fully saturated rings. The molecule has 3 N–H and O–H groups in total. The minimum absolute atomic E-state index is 0.101. The van der Waals surface area contributed by atoms with E-state index in [0.717, 1.165) is 18.5 Å². The summed E-state index contributed by atoms with van der Waals surface area (Å²) < 4.78 is 0.636. The summed E-state index contributed by atoms with van der Waals surface area (Å²) in [5.41, 5.74) is 0.810. The highest BCUT2D eigenvalue weighted by atomic mass is 35.5. The Morgan fingerprint density at radius 1 is 1.33 bits per heavy atom. The van der Waals surface area contributed by atoms with Crippen LogP contribution in [0.2, 0.25) is 5.02 Å². The number of hydrogen-bond donors (Lipinski definition) is 3. The van der Waals surface area contributed by atoms with Gasteiger partial charge in [0.1, 0.15) is 0 Å². The molecule has 0 atom stereocenters. The Bertz CT molecular complexity index is 750. The zero-order valence-electron chi connectivity index (χ0n) is 12.4. The number of rotatable bonds is 6. The second-order valence-electron chi connectivity index (χ2n) is 5.09. The highest BCUT2D eigenvalue weighted by Gasteiger charge is 2.23. The number of anilines is 2. The minimum Gasteiger partial charge on any atom is -0.335 e. The van der Waals surface area contributed by atoms with Gasteiger partial charge in [0.2, 0.25) is 11.0 Å². The number of carbonyl (C=O) groups is 2. The van der Waals surface area contributed by atoms with Crippen molar-refractivity contribution in [2.24, 2.45) is 0 Å². The Labute approximate surface area is 151 Å². The molecular weight excluding hydrogens is 370 g/mol. The number of benzene rings is 1. The van der Waals surface area contributed by atoms with Crippen LogP contribution in [0.5, 0.6) is 0 Å². The summed E-state index contributed by atoms with van der Waals surface area (Å²) >= 11 is 8.47. The van der Waals surface area contributed by atoms with E-state index in [4.69, 9.17) is 11.6 Å². The Balaban J connectivity index is 1.45. The number of halogens is 1. The molecule has 24 heavy (non-hydrogen) atoms. The van der Waals surface area contributed by atoms with Gasteiger partial charge >= 0.3 is 6.03 Å². The first-order chi connectivity index (χ1) is 11.6. The highest BCUT2D eigenvalue weighted by Crippen LogP contribution is 2.28. The third kappa shape index (κ3) is 5.36. The van der Waals surface area contributed by atoms with Crippen molar-refractivity contribution in [2.75, 3.05) is 11.1 Å². The van der Waals surface area contributed by atoms with Gasteiger partial charge in [0.05, 0.1) is 5.75 Å². The van der Waals surface area contributed by atoms with Crippen LogP contribution in [0.25, 0.3) is 0 Å². The molecule has 1 aromatic heterocycles. The van der Waals surface area contributed by atoms with Crippen LogP contribution in [0.15, 0.2) is 28.6 Å². The molecule has 3 rings (SSSR count). The van der Waals surface area contributed by atoms with E-state index < -0.39 is 6.03 Å². The van der Waals surface area contributed by atoms with Gasteiger partial charge in [-0.25, -0.2) is 4.79 Å². The normalized spacial score (nSPS) is 13.4. The lowest BCUT2D eigenvalue weighted by atomic mass is 10.3. The molecule has 1 aliphatic carbocycles. The van der Waals surface area contributed by atoms with Gasteiger partial charge in [-0.3, -0.25) is 10.1 Å². The maximum Gasteiger partial charge on any atom is 0.321 e. The lowest BCUT2D eigenvalue weighted by molar-refractivity contribution is -0.117. The predicted molar refractivity (Wildman–Crippen MR) is 95.1 cm³/mol. The Hall–Kier alpha value is -1.84. The lowest BCUT2D eigenvalue weighted by Gasteiger charge is -2.04. The standard InChI is InChI=1S/C14H14ClN5O2S2/c15-8-2-1-3-10(6-8)17-13-19-20-14(24-13)23-7-11(21)18-12(22)16-9-4-5-9/h1-3,6,9H,4-5,7H2,(H,17,19)(H2,16,18,21,22). The molecule has 0 saturated heterocycles. The van der Waals surface area contributed by atoms with Gasteiger partial charge < -0.3 is 10.6 Å². The van der Waals surface area contributed by atoms with Gasteiger partial charge in [0, 0.05) is 16.8 Å². The smallest absolute Gasteiger partial charge is 0.321 e. The molecule has 1 aliphatic rings. The zero-order valence-corrected chi connectivity index (χ0v) is 14.8.